The van der Waals surface area contributed by atoms with Crippen molar-refractivity contribution in [1.82, 2.24) is 4.90 Å². The number of carboxylic acids is 1. The van der Waals surface area contributed by atoms with Gasteiger partial charge in [-0.25, -0.2) is 4.39 Å². The van der Waals surface area contributed by atoms with Crippen molar-refractivity contribution >= 4 is 11.9 Å². The summed E-state index contributed by atoms with van der Waals surface area (Å²) in [4.78, 5) is 25.7. The molecule has 1 fully saturated rings. The summed E-state index contributed by atoms with van der Waals surface area (Å²) in [6.45, 7) is 2.19. The van der Waals surface area contributed by atoms with Gasteiger partial charge in [-0.05, 0) is 30.9 Å². The third kappa shape index (κ3) is 3.75. The third-order valence-electron chi connectivity index (χ3n) is 4.82. The number of aliphatic hydroxyl groups excluding tert-OH is 1. The maximum absolute atomic E-state index is 13.6. The van der Waals surface area contributed by atoms with E-state index in [1.165, 1.54) is 11.0 Å². The number of hydrogen-bond acceptors (Lipinski definition) is 3. The van der Waals surface area contributed by atoms with Gasteiger partial charge in [0.05, 0.1) is 6.10 Å². The van der Waals surface area contributed by atoms with E-state index >= 15 is 0 Å². The second kappa shape index (κ2) is 7.75. The van der Waals surface area contributed by atoms with E-state index in [0.717, 1.165) is 0 Å². The van der Waals surface area contributed by atoms with Crippen LogP contribution in [0.4, 0.5) is 4.39 Å². The average molecular weight is 337 g/mol. The highest BCUT2D eigenvalue weighted by Gasteiger charge is 2.49. The lowest BCUT2D eigenvalue weighted by Crippen LogP contribution is -2.57. The molecule has 2 rings (SSSR count). The fourth-order valence-corrected chi connectivity index (χ4v) is 3.40. The Morgan fingerprint density at radius 3 is 2.71 bits per heavy atom. The van der Waals surface area contributed by atoms with E-state index in [2.05, 4.69) is 0 Å². The van der Waals surface area contributed by atoms with Crippen LogP contribution in [0.1, 0.15) is 38.2 Å². The number of nitrogens with zero attached hydrogens (tertiary/aromatic N) is 1. The van der Waals surface area contributed by atoms with Gasteiger partial charge in [-0.2, -0.15) is 0 Å². The van der Waals surface area contributed by atoms with Gasteiger partial charge in [-0.15, -0.1) is 0 Å². The molecule has 1 aliphatic heterocycles. The summed E-state index contributed by atoms with van der Waals surface area (Å²) in [5, 5.41) is 19.8. The Morgan fingerprint density at radius 1 is 1.38 bits per heavy atom. The summed E-state index contributed by atoms with van der Waals surface area (Å²) in [7, 11) is 0. The molecule has 0 aliphatic carbocycles. The Hall–Kier alpha value is -1.95. The molecular formula is C18H24FNO4. The first-order chi connectivity index (χ1) is 11.4. The normalized spacial score (nSPS) is 24.0. The zero-order valence-corrected chi connectivity index (χ0v) is 13.9. The summed E-state index contributed by atoms with van der Waals surface area (Å²) >= 11 is 0. The van der Waals surface area contributed by atoms with Gasteiger partial charge < -0.3 is 15.1 Å². The first-order valence-corrected chi connectivity index (χ1v) is 8.33. The van der Waals surface area contributed by atoms with Crippen LogP contribution in [-0.2, 0) is 16.0 Å². The SMILES string of the molecule is CCC[C@@]1(C(=O)O)CN(C(=O)CCc2ccccc2F)CC[C@H]1O. The van der Waals surface area contributed by atoms with E-state index in [9.17, 15) is 24.2 Å². The van der Waals surface area contributed by atoms with Crippen LogP contribution in [0.5, 0.6) is 0 Å². The van der Waals surface area contributed by atoms with Gasteiger partial charge >= 0.3 is 5.97 Å². The predicted molar refractivity (Wildman–Crippen MR) is 86.9 cm³/mol. The summed E-state index contributed by atoms with van der Waals surface area (Å²) < 4.78 is 13.6. The van der Waals surface area contributed by atoms with E-state index in [1.54, 1.807) is 18.2 Å². The Morgan fingerprint density at radius 2 is 2.08 bits per heavy atom. The lowest BCUT2D eigenvalue weighted by molar-refractivity contribution is -0.166. The van der Waals surface area contributed by atoms with Gasteiger partial charge in [0.2, 0.25) is 5.91 Å². The molecule has 1 saturated heterocycles. The molecule has 0 saturated carbocycles. The number of piperidine rings is 1. The highest BCUT2D eigenvalue weighted by Crippen LogP contribution is 2.35. The van der Waals surface area contributed by atoms with Crippen molar-refractivity contribution in [2.75, 3.05) is 13.1 Å². The standard InChI is InChI=1S/C18H24FNO4/c1-2-10-18(17(23)24)12-20(11-9-15(18)21)16(22)8-7-13-5-3-4-6-14(13)19/h3-6,15,21H,2,7-12H2,1H3,(H,23,24)/t15-,18-/m1/s1. The molecule has 132 valence electrons. The summed E-state index contributed by atoms with van der Waals surface area (Å²) in [5.74, 6) is -1.61. The fraction of sp³-hybridized carbons (Fsp3) is 0.556. The highest BCUT2D eigenvalue weighted by atomic mass is 19.1. The second-order valence-electron chi connectivity index (χ2n) is 6.42. The van der Waals surface area contributed by atoms with Crippen molar-refractivity contribution in [3.05, 3.63) is 35.6 Å². The van der Waals surface area contributed by atoms with E-state index in [-0.39, 0.29) is 37.5 Å². The molecule has 6 heteroatoms. The van der Waals surface area contributed by atoms with Crippen LogP contribution in [0.25, 0.3) is 0 Å². The van der Waals surface area contributed by atoms with Crippen LogP contribution in [0, 0.1) is 11.2 Å². The van der Waals surface area contributed by atoms with Crippen molar-refractivity contribution in [2.45, 2.75) is 45.1 Å². The molecule has 0 aromatic heterocycles. The van der Waals surface area contributed by atoms with Crippen molar-refractivity contribution < 1.29 is 24.2 Å². The van der Waals surface area contributed by atoms with Crippen LogP contribution in [-0.4, -0.2) is 46.2 Å². The van der Waals surface area contributed by atoms with Crippen molar-refractivity contribution in [3.63, 3.8) is 0 Å². The van der Waals surface area contributed by atoms with Gasteiger partial charge in [0.1, 0.15) is 11.2 Å². The molecule has 0 radical (unpaired) electrons. The van der Waals surface area contributed by atoms with Crippen LogP contribution in [0.2, 0.25) is 0 Å². The zero-order valence-electron chi connectivity index (χ0n) is 13.9. The van der Waals surface area contributed by atoms with Gasteiger partial charge in [-0.3, -0.25) is 9.59 Å². The van der Waals surface area contributed by atoms with Gasteiger partial charge in [0, 0.05) is 19.5 Å². The summed E-state index contributed by atoms with van der Waals surface area (Å²) in [5.41, 5.74) is -0.832. The van der Waals surface area contributed by atoms with E-state index in [1.807, 2.05) is 6.92 Å². The quantitative estimate of drug-likeness (QED) is 0.834. The van der Waals surface area contributed by atoms with E-state index in [4.69, 9.17) is 0 Å². The summed E-state index contributed by atoms with van der Waals surface area (Å²) in [6, 6.07) is 6.31. The number of rotatable bonds is 6. The number of benzene rings is 1. The Balaban J connectivity index is 2.04. The molecular weight excluding hydrogens is 313 g/mol. The molecule has 24 heavy (non-hydrogen) atoms. The molecule has 1 aliphatic rings. The van der Waals surface area contributed by atoms with Crippen molar-refractivity contribution in [2.24, 2.45) is 5.41 Å². The molecule has 0 spiro atoms. The maximum atomic E-state index is 13.6. The zero-order chi connectivity index (χ0) is 17.7. The number of aryl methyl sites for hydroxylation is 1. The average Bonchev–Trinajstić information content (AvgIpc) is 2.56. The molecule has 0 unspecified atom stereocenters. The number of carboxylic acid groups (broad SMARTS) is 1. The van der Waals surface area contributed by atoms with Gasteiger partial charge in [-0.1, -0.05) is 31.5 Å². The summed E-state index contributed by atoms with van der Waals surface area (Å²) in [6.07, 6.45) is 0.626. The molecule has 1 aromatic rings. The minimum absolute atomic E-state index is 0.00739. The first-order valence-electron chi connectivity index (χ1n) is 8.33. The highest BCUT2D eigenvalue weighted by molar-refractivity contribution is 5.80. The number of halogens is 1. The topological polar surface area (TPSA) is 77.8 Å². The van der Waals surface area contributed by atoms with Crippen molar-refractivity contribution in [1.29, 1.82) is 0 Å². The molecule has 1 amide bonds. The Bertz CT molecular complexity index is 606. The van der Waals surface area contributed by atoms with Crippen LogP contribution < -0.4 is 0 Å². The molecule has 1 heterocycles. The molecule has 0 bridgehead atoms. The van der Waals surface area contributed by atoms with Crippen LogP contribution >= 0.6 is 0 Å². The van der Waals surface area contributed by atoms with Crippen LogP contribution in [0.15, 0.2) is 24.3 Å². The third-order valence-corrected chi connectivity index (χ3v) is 4.82. The Labute approximate surface area is 141 Å². The first kappa shape index (κ1) is 18.4. The number of amides is 1. The van der Waals surface area contributed by atoms with Crippen molar-refractivity contribution in [3.8, 4) is 0 Å². The predicted octanol–water partition coefficient (Wildman–Crippen LogP) is 2.22. The number of carbonyl (C=O) groups excluding carboxylic acids is 1. The van der Waals surface area contributed by atoms with Crippen LogP contribution in [0.3, 0.4) is 0 Å². The number of hydrogen-bond donors (Lipinski definition) is 2. The smallest absolute Gasteiger partial charge is 0.314 e. The maximum Gasteiger partial charge on any atom is 0.314 e. The van der Waals surface area contributed by atoms with Gasteiger partial charge in [0.15, 0.2) is 0 Å². The fourth-order valence-electron chi connectivity index (χ4n) is 3.40. The minimum Gasteiger partial charge on any atom is -0.481 e. The second-order valence-corrected chi connectivity index (χ2v) is 6.42. The van der Waals surface area contributed by atoms with E-state index < -0.39 is 17.5 Å². The molecule has 5 nitrogen and oxygen atoms in total. The minimum atomic E-state index is -1.30. The monoisotopic (exact) mass is 337 g/mol. The molecule has 2 N–H and O–H groups in total. The van der Waals surface area contributed by atoms with E-state index in [0.29, 0.717) is 24.9 Å². The number of aliphatic carboxylic acids is 1. The lowest BCUT2D eigenvalue weighted by Gasteiger charge is -2.43. The Kier molecular flexibility index (Phi) is 5.94. The number of aliphatic hydroxyl groups is 1. The van der Waals surface area contributed by atoms with Gasteiger partial charge in [0.25, 0.3) is 0 Å². The molecule has 2 atom stereocenters. The lowest BCUT2D eigenvalue weighted by atomic mass is 9.74. The molecule has 1 aromatic carbocycles. The number of likely N-dealkylation sites (tertiary alicyclic amines) is 1. The largest absolute Gasteiger partial charge is 0.481 e. The number of carbonyl (C=O) groups is 2.